The summed E-state index contributed by atoms with van der Waals surface area (Å²) in [5.74, 6) is 0. The number of halogens is 1. The predicted octanol–water partition coefficient (Wildman–Crippen LogP) is 1.57. The molecular formula is C15H27ClN4O. The summed E-state index contributed by atoms with van der Waals surface area (Å²) in [7, 11) is 1.88. The summed E-state index contributed by atoms with van der Waals surface area (Å²) >= 11 is 6.28. The number of rotatable bonds is 7. The molecule has 0 radical (unpaired) electrons. The molecule has 0 bridgehead atoms. The number of hydrogen-bond acceptors (Lipinski definition) is 4. The average molecular weight is 315 g/mol. The molecule has 120 valence electrons. The number of aliphatic hydroxyl groups is 1. The van der Waals surface area contributed by atoms with E-state index in [1.807, 2.05) is 7.05 Å². The number of aliphatic hydroxyl groups excluding tert-OH is 1. The van der Waals surface area contributed by atoms with Crippen LogP contribution in [0.1, 0.15) is 37.4 Å². The van der Waals surface area contributed by atoms with Gasteiger partial charge in [-0.1, -0.05) is 24.9 Å². The number of nitrogens with zero attached hydrogens (tertiary/aromatic N) is 3. The topological polar surface area (TPSA) is 53.3 Å². The van der Waals surface area contributed by atoms with Crippen LogP contribution in [0.15, 0.2) is 0 Å². The molecule has 1 fully saturated rings. The lowest BCUT2D eigenvalue weighted by Crippen LogP contribution is -2.44. The smallest absolute Gasteiger partial charge is 0.131 e. The third-order valence-electron chi connectivity index (χ3n) is 4.32. The highest BCUT2D eigenvalue weighted by Gasteiger charge is 2.21. The van der Waals surface area contributed by atoms with Crippen LogP contribution in [0.25, 0.3) is 0 Å². The van der Waals surface area contributed by atoms with Crippen LogP contribution in [0.4, 0.5) is 0 Å². The van der Waals surface area contributed by atoms with Gasteiger partial charge in [0.25, 0.3) is 0 Å². The molecule has 1 aromatic heterocycles. The van der Waals surface area contributed by atoms with E-state index in [1.165, 1.54) is 12.8 Å². The molecule has 0 aliphatic carbocycles. The van der Waals surface area contributed by atoms with Gasteiger partial charge in [0.1, 0.15) is 5.15 Å². The van der Waals surface area contributed by atoms with Gasteiger partial charge in [0.15, 0.2) is 0 Å². The predicted molar refractivity (Wildman–Crippen MR) is 85.6 cm³/mol. The number of likely N-dealkylation sites (tertiary alicyclic amines) is 1. The number of hydrogen-bond donors (Lipinski definition) is 2. The van der Waals surface area contributed by atoms with Crippen molar-refractivity contribution in [1.29, 1.82) is 0 Å². The molecule has 6 heteroatoms. The van der Waals surface area contributed by atoms with Crippen LogP contribution >= 0.6 is 11.6 Å². The Kier molecular flexibility index (Phi) is 6.48. The van der Waals surface area contributed by atoms with E-state index in [2.05, 4.69) is 22.2 Å². The van der Waals surface area contributed by atoms with Crippen molar-refractivity contribution in [2.45, 2.75) is 45.2 Å². The van der Waals surface area contributed by atoms with Gasteiger partial charge in [-0.15, -0.1) is 0 Å². The van der Waals surface area contributed by atoms with E-state index in [9.17, 15) is 5.11 Å². The van der Waals surface area contributed by atoms with Crippen molar-refractivity contribution in [3.05, 3.63) is 16.4 Å². The third-order valence-corrected chi connectivity index (χ3v) is 4.80. The molecule has 1 saturated heterocycles. The molecule has 1 aromatic rings. The second-order valence-corrected chi connectivity index (χ2v) is 6.10. The molecule has 1 aliphatic rings. The first-order valence-electron chi connectivity index (χ1n) is 7.93. The molecular weight excluding hydrogens is 288 g/mol. The number of aryl methyl sites for hydroxylation is 2. The van der Waals surface area contributed by atoms with Gasteiger partial charge in [-0.05, 0) is 25.8 Å². The van der Waals surface area contributed by atoms with Gasteiger partial charge < -0.3 is 10.4 Å². The fourth-order valence-corrected chi connectivity index (χ4v) is 3.27. The number of nitrogens with one attached hydrogen (secondary N) is 1. The highest BCUT2D eigenvalue weighted by Crippen LogP contribution is 2.19. The minimum Gasteiger partial charge on any atom is -0.395 e. The first-order valence-corrected chi connectivity index (χ1v) is 8.31. The van der Waals surface area contributed by atoms with E-state index in [0.29, 0.717) is 6.04 Å². The Morgan fingerprint density at radius 2 is 2.24 bits per heavy atom. The third kappa shape index (κ3) is 4.19. The number of piperidine rings is 1. The zero-order valence-electron chi connectivity index (χ0n) is 13.1. The molecule has 0 amide bonds. The fourth-order valence-electron chi connectivity index (χ4n) is 3.06. The lowest BCUT2D eigenvalue weighted by Gasteiger charge is -2.34. The van der Waals surface area contributed by atoms with Crippen molar-refractivity contribution in [3.8, 4) is 0 Å². The Bertz CT molecular complexity index is 449. The Balaban J connectivity index is 1.79. The first-order chi connectivity index (χ1) is 10.2. The van der Waals surface area contributed by atoms with Gasteiger partial charge >= 0.3 is 0 Å². The quantitative estimate of drug-likeness (QED) is 0.750. The van der Waals surface area contributed by atoms with Gasteiger partial charge in [-0.3, -0.25) is 9.58 Å². The van der Waals surface area contributed by atoms with E-state index in [0.717, 1.165) is 55.4 Å². The second-order valence-electron chi connectivity index (χ2n) is 5.74. The SMILES string of the molecule is CCc1nn(C)c(Cl)c1CNCCN1CCCCC1CO. The second kappa shape index (κ2) is 8.13. The highest BCUT2D eigenvalue weighted by atomic mass is 35.5. The zero-order valence-corrected chi connectivity index (χ0v) is 13.9. The molecule has 2 heterocycles. The number of aromatic nitrogens is 2. The van der Waals surface area contributed by atoms with Gasteiger partial charge in [0.05, 0.1) is 12.3 Å². The van der Waals surface area contributed by atoms with Crippen molar-refractivity contribution in [3.63, 3.8) is 0 Å². The Hall–Kier alpha value is -0.620. The molecule has 2 rings (SSSR count). The molecule has 21 heavy (non-hydrogen) atoms. The summed E-state index contributed by atoms with van der Waals surface area (Å²) in [5, 5.41) is 18.0. The summed E-state index contributed by atoms with van der Waals surface area (Å²) in [6, 6.07) is 0.341. The van der Waals surface area contributed by atoms with Crippen molar-refractivity contribution < 1.29 is 5.11 Å². The maximum atomic E-state index is 9.41. The maximum absolute atomic E-state index is 9.41. The lowest BCUT2D eigenvalue weighted by molar-refractivity contribution is 0.0910. The van der Waals surface area contributed by atoms with Crippen molar-refractivity contribution in [2.75, 3.05) is 26.2 Å². The van der Waals surface area contributed by atoms with E-state index >= 15 is 0 Å². The maximum Gasteiger partial charge on any atom is 0.131 e. The van der Waals surface area contributed by atoms with Crippen LogP contribution in [-0.2, 0) is 20.0 Å². The minimum atomic E-state index is 0.272. The molecule has 1 aliphatic heterocycles. The van der Waals surface area contributed by atoms with E-state index in [-0.39, 0.29) is 6.61 Å². The largest absolute Gasteiger partial charge is 0.395 e. The van der Waals surface area contributed by atoms with Crippen LogP contribution in [-0.4, -0.2) is 52.1 Å². The van der Waals surface area contributed by atoms with Crippen LogP contribution < -0.4 is 5.32 Å². The molecule has 5 nitrogen and oxygen atoms in total. The van der Waals surface area contributed by atoms with Gasteiger partial charge in [-0.25, -0.2) is 0 Å². The van der Waals surface area contributed by atoms with Crippen molar-refractivity contribution >= 4 is 11.6 Å². The molecule has 1 unspecified atom stereocenters. The van der Waals surface area contributed by atoms with Crippen LogP contribution in [0, 0.1) is 0 Å². The van der Waals surface area contributed by atoms with Crippen LogP contribution in [0.3, 0.4) is 0 Å². The normalized spacial score (nSPS) is 20.1. The summed E-state index contributed by atoms with van der Waals surface area (Å²) in [6.07, 6.45) is 4.49. The zero-order chi connectivity index (χ0) is 15.2. The van der Waals surface area contributed by atoms with Crippen LogP contribution in [0.5, 0.6) is 0 Å². The van der Waals surface area contributed by atoms with E-state index in [4.69, 9.17) is 11.6 Å². The lowest BCUT2D eigenvalue weighted by atomic mass is 10.0. The van der Waals surface area contributed by atoms with E-state index in [1.54, 1.807) is 4.68 Å². The van der Waals surface area contributed by atoms with E-state index < -0.39 is 0 Å². The van der Waals surface area contributed by atoms with Crippen molar-refractivity contribution in [1.82, 2.24) is 20.0 Å². The van der Waals surface area contributed by atoms with Gasteiger partial charge in [0, 0.05) is 38.3 Å². The molecule has 0 aromatic carbocycles. The Morgan fingerprint density at radius 1 is 1.43 bits per heavy atom. The molecule has 2 N–H and O–H groups in total. The highest BCUT2D eigenvalue weighted by molar-refractivity contribution is 6.30. The fraction of sp³-hybridized carbons (Fsp3) is 0.800. The summed E-state index contributed by atoms with van der Waals surface area (Å²) < 4.78 is 1.74. The van der Waals surface area contributed by atoms with Crippen LogP contribution in [0.2, 0.25) is 5.15 Å². The first kappa shape index (κ1) is 16.7. The monoisotopic (exact) mass is 314 g/mol. The molecule has 0 spiro atoms. The van der Waals surface area contributed by atoms with Gasteiger partial charge in [-0.2, -0.15) is 5.10 Å². The Labute approximate surface area is 132 Å². The average Bonchev–Trinajstić information content (AvgIpc) is 2.79. The summed E-state index contributed by atoms with van der Waals surface area (Å²) in [6.45, 7) is 6.11. The summed E-state index contributed by atoms with van der Waals surface area (Å²) in [5.41, 5.74) is 2.18. The standard InChI is InChI=1S/C15H27ClN4O/c1-3-14-13(15(16)19(2)18-14)10-17-7-9-20-8-5-4-6-12(20)11-21/h12,17,21H,3-11H2,1-2H3. The minimum absolute atomic E-state index is 0.272. The molecule has 0 saturated carbocycles. The Morgan fingerprint density at radius 3 is 2.95 bits per heavy atom. The van der Waals surface area contributed by atoms with Crippen molar-refractivity contribution in [2.24, 2.45) is 7.05 Å². The van der Waals surface area contributed by atoms with Gasteiger partial charge in [0.2, 0.25) is 0 Å². The molecule has 1 atom stereocenters. The summed E-state index contributed by atoms with van der Waals surface area (Å²) in [4.78, 5) is 2.39.